The van der Waals surface area contributed by atoms with Crippen LogP contribution >= 0.6 is 0 Å². The highest BCUT2D eigenvalue weighted by Gasteiger charge is 2.40. The van der Waals surface area contributed by atoms with Crippen LogP contribution in [0.3, 0.4) is 0 Å². The molecule has 0 saturated carbocycles. The molecule has 1 heterocycles. The fourth-order valence-electron chi connectivity index (χ4n) is 2.58. The Balaban J connectivity index is 2.68. The highest BCUT2D eigenvalue weighted by molar-refractivity contribution is 5.77. The van der Waals surface area contributed by atoms with Gasteiger partial charge in [0.25, 0.3) is 0 Å². The molecule has 0 bridgehead atoms. The van der Waals surface area contributed by atoms with Crippen molar-refractivity contribution < 1.29 is 9.90 Å². The average molecular weight is 288 g/mol. The number of carbonyl (C=O) groups is 1. The van der Waals surface area contributed by atoms with Crippen molar-refractivity contribution in [3.8, 4) is 11.4 Å². The summed E-state index contributed by atoms with van der Waals surface area (Å²) in [5.41, 5.74) is 1.93. The highest BCUT2D eigenvalue weighted by atomic mass is 16.4. The fourth-order valence-corrected chi connectivity index (χ4v) is 2.58. The van der Waals surface area contributed by atoms with E-state index in [0.717, 1.165) is 16.7 Å². The first-order valence-corrected chi connectivity index (χ1v) is 7.06. The van der Waals surface area contributed by atoms with Gasteiger partial charge in [-0.2, -0.15) is 0 Å². The lowest BCUT2D eigenvalue weighted by molar-refractivity contribution is -0.148. The van der Waals surface area contributed by atoms with Gasteiger partial charge >= 0.3 is 5.97 Å². The summed E-state index contributed by atoms with van der Waals surface area (Å²) in [6, 6.07) is 5.86. The molecule has 6 heteroatoms. The Morgan fingerprint density at radius 3 is 2.52 bits per heavy atom. The van der Waals surface area contributed by atoms with Crippen molar-refractivity contribution >= 4 is 5.97 Å². The molecule has 0 fully saturated rings. The van der Waals surface area contributed by atoms with Gasteiger partial charge in [0.05, 0.1) is 0 Å². The molecule has 0 aliphatic heterocycles. The number of nitrogens with zero attached hydrogens (tertiary/aromatic N) is 4. The molecule has 2 rings (SSSR count). The summed E-state index contributed by atoms with van der Waals surface area (Å²) in [6.07, 6.45) is 0.837. The van der Waals surface area contributed by atoms with Crippen LogP contribution in [0.15, 0.2) is 18.2 Å². The first kappa shape index (κ1) is 15.2. The van der Waals surface area contributed by atoms with Crippen molar-refractivity contribution in [1.29, 1.82) is 0 Å². The third-order valence-corrected chi connectivity index (χ3v) is 4.29. The predicted octanol–water partition coefficient (Wildman–Crippen LogP) is 2.56. The van der Waals surface area contributed by atoms with E-state index in [9.17, 15) is 9.90 Å². The molecule has 0 unspecified atom stereocenters. The van der Waals surface area contributed by atoms with Crippen molar-refractivity contribution in [2.75, 3.05) is 0 Å². The minimum atomic E-state index is -1.12. The Morgan fingerprint density at radius 1 is 1.29 bits per heavy atom. The Kier molecular flexibility index (Phi) is 4.06. The second kappa shape index (κ2) is 5.63. The third-order valence-electron chi connectivity index (χ3n) is 4.29. The Bertz CT molecular complexity index is 659. The van der Waals surface area contributed by atoms with Gasteiger partial charge in [0.1, 0.15) is 0 Å². The number of carboxylic acids is 1. The second-order valence-electron chi connectivity index (χ2n) is 5.21. The van der Waals surface area contributed by atoms with Gasteiger partial charge in [-0.25, -0.2) is 9.48 Å². The average Bonchev–Trinajstić information content (AvgIpc) is 2.93. The molecule has 0 aliphatic rings. The van der Waals surface area contributed by atoms with E-state index in [0.29, 0.717) is 18.7 Å². The van der Waals surface area contributed by atoms with Crippen LogP contribution in [0, 0.1) is 13.8 Å². The Hall–Kier alpha value is -2.24. The van der Waals surface area contributed by atoms with Gasteiger partial charge in [0, 0.05) is 5.56 Å². The quantitative estimate of drug-likeness (QED) is 0.914. The van der Waals surface area contributed by atoms with Gasteiger partial charge in [0.15, 0.2) is 11.4 Å². The minimum Gasteiger partial charge on any atom is -0.479 e. The SMILES string of the molecule is CCC(CC)(C(=O)O)n1nnnc1-c1cccc(C)c1C. The number of rotatable bonds is 5. The van der Waals surface area contributed by atoms with E-state index in [4.69, 9.17) is 0 Å². The topological polar surface area (TPSA) is 80.9 Å². The zero-order chi connectivity index (χ0) is 15.6. The van der Waals surface area contributed by atoms with E-state index in [1.165, 1.54) is 4.68 Å². The van der Waals surface area contributed by atoms with Crippen molar-refractivity contribution in [2.45, 2.75) is 46.1 Å². The molecule has 1 N–H and O–H groups in total. The lowest BCUT2D eigenvalue weighted by Crippen LogP contribution is -2.42. The Morgan fingerprint density at radius 2 is 1.95 bits per heavy atom. The highest BCUT2D eigenvalue weighted by Crippen LogP contribution is 2.31. The van der Waals surface area contributed by atoms with E-state index in [1.807, 2.05) is 45.9 Å². The molecule has 0 aliphatic carbocycles. The summed E-state index contributed by atoms with van der Waals surface area (Å²) >= 11 is 0. The molecular formula is C15H20N4O2. The summed E-state index contributed by atoms with van der Waals surface area (Å²) in [5.74, 6) is -0.409. The predicted molar refractivity (Wildman–Crippen MR) is 78.9 cm³/mol. The fraction of sp³-hybridized carbons (Fsp3) is 0.467. The largest absolute Gasteiger partial charge is 0.479 e. The van der Waals surface area contributed by atoms with E-state index in [-0.39, 0.29) is 0 Å². The number of tetrazole rings is 1. The standard InChI is InChI=1S/C15H20N4O2/c1-5-15(6-2,14(20)21)19-13(16-17-18-19)12-9-7-8-10(3)11(12)4/h7-9H,5-6H2,1-4H3,(H,20,21). The molecule has 0 amide bonds. The number of hydrogen-bond donors (Lipinski definition) is 1. The first-order valence-electron chi connectivity index (χ1n) is 7.06. The smallest absolute Gasteiger partial charge is 0.331 e. The maximum atomic E-state index is 11.8. The van der Waals surface area contributed by atoms with Gasteiger partial charge in [-0.3, -0.25) is 0 Å². The summed E-state index contributed by atoms with van der Waals surface area (Å²) in [4.78, 5) is 11.8. The van der Waals surface area contributed by atoms with E-state index >= 15 is 0 Å². The van der Waals surface area contributed by atoms with Gasteiger partial charge in [0.2, 0.25) is 0 Å². The van der Waals surface area contributed by atoms with Gasteiger partial charge in [-0.15, -0.1) is 5.10 Å². The normalized spacial score (nSPS) is 11.6. The lowest BCUT2D eigenvalue weighted by Gasteiger charge is -2.27. The summed E-state index contributed by atoms with van der Waals surface area (Å²) in [7, 11) is 0. The number of aliphatic carboxylic acids is 1. The molecule has 1 aromatic heterocycles. The molecule has 112 valence electrons. The van der Waals surface area contributed by atoms with Gasteiger partial charge in [-0.05, 0) is 48.2 Å². The van der Waals surface area contributed by atoms with Gasteiger partial charge in [-0.1, -0.05) is 32.0 Å². The lowest BCUT2D eigenvalue weighted by atomic mass is 9.92. The van der Waals surface area contributed by atoms with Crippen molar-refractivity contribution in [2.24, 2.45) is 0 Å². The van der Waals surface area contributed by atoms with Crippen LogP contribution in [0.2, 0.25) is 0 Å². The number of hydrogen-bond acceptors (Lipinski definition) is 4. The second-order valence-corrected chi connectivity index (χ2v) is 5.21. The van der Waals surface area contributed by atoms with Crippen LogP contribution in [0.4, 0.5) is 0 Å². The zero-order valence-electron chi connectivity index (χ0n) is 12.8. The molecule has 0 spiro atoms. The van der Waals surface area contributed by atoms with Gasteiger partial charge < -0.3 is 5.11 Å². The van der Waals surface area contributed by atoms with E-state index in [1.54, 1.807) is 0 Å². The van der Waals surface area contributed by atoms with E-state index in [2.05, 4.69) is 15.5 Å². The van der Waals surface area contributed by atoms with Crippen LogP contribution < -0.4 is 0 Å². The van der Waals surface area contributed by atoms with Crippen LogP contribution in [0.25, 0.3) is 11.4 Å². The number of aryl methyl sites for hydroxylation is 1. The number of benzene rings is 1. The summed E-state index contributed by atoms with van der Waals surface area (Å²) in [5, 5.41) is 21.4. The number of aromatic nitrogens is 4. The number of carboxylic acid groups (broad SMARTS) is 1. The maximum absolute atomic E-state index is 11.8. The van der Waals surface area contributed by atoms with Crippen LogP contribution in [-0.2, 0) is 10.3 Å². The van der Waals surface area contributed by atoms with E-state index < -0.39 is 11.5 Å². The molecule has 21 heavy (non-hydrogen) atoms. The summed E-state index contributed by atoms with van der Waals surface area (Å²) in [6.45, 7) is 7.68. The maximum Gasteiger partial charge on any atom is 0.331 e. The molecule has 0 radical (unpaired) electrons. The van der Waals surface area contributed by atoms with Crippen LogP contribution in [0.5, 0.6) is 0 Å². The molecule has 0 saturated heterocycles. The first-order chi connectivity index (χ1) is 9.97. The monoisotopic (exact) mass is 288 g/mol. The van der Waals surface area contributed by atoms with Crippen molar-refractivity contribution in [3.05, 3.63) is 29.3 Å². The van der Waals surface area contributed by atoms with Crippen LogP contribution in [0.1, 0.15) is 37.8 Å². The van der Waals surface area contributed by atoms with Crippen molar-refractivity contribution in [3.63, 3.8) is 0 Å². The Labute approximate surface area is 123 Å². The third kappa shape index (κ3) is 2.30. The van der Waals surface area contributed by atoms with Crippen LogP contribution in [-0.4, -0.2) is 31.3 Å². The molecule has 6 nitrogen and oxygen atoms in total. The molecular weight excluding hydrogens is 268 g/mol. The molecule has 2 aromatic rings. The van der Waals surface area contributed by atoms with Crippen molar-refractivity contribution in [1.82, 2.24) is 20.2 Å². The minimum absolute atomic E-state index is 0.418. The molecule has 1 aromatic carbocycles. The molecule has 0 atom stereocenters. The zero-order valence-corrected chi connectivity index (χ0v) is 12.8. The summed E-state index contributed by atoms with van der Waals surface area (Å²) < 4.78 is 1.46.